The number of nitrogen functional groups attached to an aromatic ring is 1. The average molecular weight is 350 g/mol. The number of fused-ring (bicyclic) bond motifs is 2. The van der Waals surface area contributed by atoms with Crippen molar-refractivity contribution >= 4 is 33.2 Å². The van der Waals surface area contributed by atoms with Gasteiger partial charge in [0.1, 0.15) is 22.5 Å². The van der Waals surface area contributed by atoms with Crippen LogP contribution < -0.4 is 5.73 Å². The number of nitrogens with zero attached hydrogens (tertiary/aromatic N) is 3. The Balaban J connectivity index is 0.000000152. The van der Waals surface area contributed by atoms with Gasteiger partial charge in [-0.2, -0.15) is 0 Å². The van der Waals surface area contributed by atoms with Gasteiger partial charge in [0.15, 0.2) is 0 Å². The number of anilines is 1. The third-order valence-corrected chi connectivity index (χ3v) is 3.70. The quantitative estimate of drug-likeness (QED) is 0.207. The molecule has 0 aliphatic heterocycles. The molecule has 0 fully saturated rings. The fourth-order valence-corrected chi connectivity index (χ4v) is 2.48. The minimum absolute atomic E-state index is 0.0498. The van der Waals surface area contributed by atoms with Crippen molar-refractivity contribution in [1.82, 2.24) is 9.97 Å². The Kier molecular flexibility index (Phi) is 4.48. The highest BCUT2D eigenvalue weighted by molar-refractivity contribution is 5.94. The first-order valence-corrected chi connectivity index (χ1v) is 7.52. The molecule has 8 heteroatoms. The number of non-ortho nitro benzene ring substituents is 1. The standard InChI is InChI=1S/C9H6N2O3.C9H8N2O/c12-8-4-3-7(11(13)14)6-2-1-5-10-9(6)8;10-7-3-4-8(12)9-6(7)2-1-5-11-9/h1-5,12H;1-5,12H,10H2. The summed E-state index contributed by atoms with van der Waals surface area (Å²) in [6.45, 7) is 0. The fourth-order valence-electron chi connectivity index (χ4n) is 2.48. The molecule has 130 valence electrons. The van der Waals surface area contributed by atoms with E-state index >= 15 is 0 Å². The number of aromatic hydroxyl groups is 2. The monoisotopic (exact) mass is 350 g/mol. The van der Waals surface area contributed by atoms with Crippen LogP contribution in [0.5, 0.6) is 11.5 Å². The van der Waals surface area contributed by atoms with E-state index in [0.717, 1.165) is 5.39 Å². The van der Waals surface area contributed by atoms with Gasteiger partial charge >= 0.3 is 0 Å². The summed E-state index contributed by atoms with van der Waals surface area (Å²) in [6, 6.07) is 12.5. The molecular formula is C18H14N4O4. The number of aromatic nitrogens is 2. The van der Waals surface area contributed by atoms with Crippen LogP contribution in [0.15, 0.2) is 60.9 Å². The Morgan fingerprint density at radius 1 is 0.846 bits per heavy atom. The van der Waals surface area contributed by atoms with E-state index in [1.807, 2.05) is 6.07 Å². The second-order valence-electron chi connectivity index (χ2n) is 5.33. The summed E-state index contributed by atoms with van der Waals surface area (Å²) in [5.74, 6) is 0.117. The highest BCUT2D eigenvalue weighted by Gasteiger charge is 2.13. The van der Waals surface area contributed by atoms with Crippen LogP contribution >= 0.6 is 0 Å². The third-order valence-electron chi connectivity index (χ3n) is 3.70. The van der Waals surface area contributed by atoms with Crippen molar-refractivity contribution < 1.29 is 15.1 Å². The predicted molar refractivity (Wildman–Crippen MR) is 97.9 cm³/mol. The molecule has 0 unspecified atom stereocenters. The van der Waals surface area contributed by atoms with Crippen LogP contribution in [0.3, 0.4) is 0 Å². The van der Waals surface area contributed by atoms with Gasteiger partial charge in [-0.25, -0.2) is 0 Å². The number of benzene rings is 2. The Morgan fingerprint density at radius 3 is 1.96 bits per heavy atom. The second kappa shape index (κ2) is 6.89. The van der Waals surface area contributed by atoms with E-state index in [1.165, 1.54) is 18.3 Å². The van der Waals surface area contributed by atoms with E-state index in [-0.39, 0.29) is 22.7 Å². The van der Waals surface area contributed by atoms with Gasteiger partial charge in [-0.3, -0.25) is 20.1 Å². The number of nitro benzene ring substituents is 1. The van der Waals surface area contributed by atoms with E-state index in [4.69, 9.17) is 5.73 Å². The third kappa shape index (κ3) is 3.16. The molecule has 4 aromatic rings. The van der Waals surface area contributed by atoms with Gasteiger partial charge in [-0.05, 0) is 42.5 Å². The van der Waals surface area contributed by atoms with Crippen molar-refractivity contribution in [2.24, 2.45) is 0 Å². The molecule has 0 bridgehead atoms. The molecule has 8 nitrogen and oxygen atoms in total. The van der Waals surface area contributed by atoms with E-state index in [1.54, 1.807) is 36.5 Å². The number of nitro groups is 1. The van der Waals surface area contributed by atoms with E-state index < -0.39 is 4.92 Å². The summed E-state index contributed by atoms with van der Waals surface area (Å²) in [4.78, 5) is 18.0. The van der Waals surface area contributed by atoms with Crippen LogP contribution in [-0.2, 0) is 0 Å². The molecule has 2 aromatic carbocycles. The minimum atomic E-state index is -0.497. The molecule has 26 heavy (non-hydrogen) atoms. The topological polar surface area (TPSA) is 135 Å². The smallest absolute Gasteiger partial charge is 0.279 e. The van der Waals surface area contributed by atoms with Crippen LogP contribution in [0.25, 0.3) is 21.8 Å². The molecule has 0 atom stereocenters. The number of phenolic OH excluding ortho intramolecular Hbond substituents is 2. The number of hydrogen-bond acceptors (Lipinski definition) is 7. The first kappa shape index (κ1) is 16.9. The average Bonchev–Trinajstić information content (AvgIpc) is 2.66. The van der Waals surface area contributed by atoms with Gasteiger partial charge in [-0.15, -0.1) is 0 Å². The lowest BCUT2D eigenvalue weighted by molar-refractivity contribution is -0.383. The van der Waals surface area contributed by atoms with Crippen LogP contribution in [0.2, 0.25) is 0 Å². The number of hydrogen-bond donors (Lipinski definition) is 3. The molecule has 4 rings (SSSR count). The number of nitrogens with two attached hydrogens (primary N) is 1. The van der Waals surface area contributed by atoms with Crippen molar-refractivity contribution in [1.29, 1.82) is 0 Å². The van der Waals surface area contributed by atoms with E-state index in [2.05, 4.69) is 9.97 Å². The van der Waals surface area contributed by atoms with Gasteiger partial charge in [0.2, 0.25) is 0 Å². The molecule has 0 saturated heterocycles. The maximum atomic E-state index is 10.6. The van der Waals surface area contributed by atoms with Crippen LogP contribution in [0.1, 0.15) is 0 Å². The summed E-state index contributed by atoms with van der Waals surface area (Å²) in [7, 11) is 0. The van der Waals surface area contributed by atoms with E-state index in [0.29, 0.717) is 16.6 Å². The zero-order valence-electron chi connectivity index (χ0n) is 13.4. The van der Waals surface area contributed by atoms with Gasteiger partial charge in [-0.1, -0.05) is 0 Å². The molecule has 0 saturated carbocycles. The molecule has 0 spiro atoms. The zero-order valence-corrected chi connectivity index (χ0v) is 13.4. The maximum absolute atomic E-state index is 10.6. The zero-order chi connectivity index (χ0) is 18.7. The van der Waals surface area contributed by atoms with Crippen LogP contribution in [0, 0.1) is 10.1 Å². The Hall–Kier alpha value is -3.94. The second-order valence-corrected chi connectivity index (χ2v) is 5.33. The van der Waals surface area contributed by atoms with Crippen LogP contribution in [0.4, 0.5) is 11.4 Å². The molecule has 0 aliphatic carbocycles. The molecular weight excluding hydrogens is 336 g/mol. The number of rotatable bonds is 1. The summed E-state index contributed by atoms with van der Waals surface area (Å²) >= 11 is 0. The summed E-state index contributed by atoms with van der Waals surface area (Å²) in [5, 5.41) is 30.5. The van der Waals surface area contributed by atoms with E-state index in [9.17, 15) is 20.3 Å². The lowest BCUT2D eigenvalue weighted by Gasteiger charge is -2.01. The van der Waals surface area contributed by atoms with Gasteiger partial charge in [0, 0.05) is 29.5 Å². The Morgan fingerprint density at radius 2 is 1.38 bits per heavy atom. The Bertz CT molecular complexity index is 1070. The van der Waals surface area contributed by atoms with Gasteiger partial charge in [0.05, 0.1) is 10.3 Å². The SMILES string of the molecule is Nc1ccc(O)c2ncccc12.O=[N+]([O-])c1ccc(O)c2ncccc12. The molecule has 0 radical (unpaired) electrons. The summed E-state index contributed by atoms with van der Waals surface area (Å²) in [5.41, 5.74) is 7.06. The lowest BCUT2D eigenvalue weighted by atomic mass is 10.2. The van der Waals surface area contributed by atoms with Crippen molar-refractivity contribution in [2.45, 2.75) is 0 Å². The highest BCUT2D eigenvalue weighted by atomic mass is 16.6. The van der Waals surface area contributed by atoms with Crippen molar-refractivity contribution in [3.8, 4) is 11.5 Å². The number of phenols is 2. The first-order chi connectivity index (χ1) is 12.5. The van der Waals surface area contributed by atoms with Gasteiger partial charge in [0.25, 0.3) is 5.69 Å². The highest BCUT2D eigenvalue weighted by Crippen LogP contribution is 2.30. The first-order valence-electron chi connectivity index (χ1n) is 7.52. The van der Waals surface area contributed by atoms with Crippen LogP contribution in [-0.4, -0.2) is 25.1 Å². The molecule has 0 aliphatic rings. The molecule has 2 heterocycles. The number of pyridine rings is 2. The normalized spacial score (nSPS) is 10.3. The fraction of sp³-hybridized carbons (Fsp3) is 0. The summed E-state index contributed by atoms with van der Waals surface area (Å²) in [6.07, 6.45) is 3.10. The molecule has 2 aromatic heterocycles. The predicted octanol–water partition coefficient (Wildman–Crippen LogP) is 3.37. The van der Waals surface area contributed by atoms with Crippen molar-refractivity contribution in [3.05, 3.63) is 71.0 Å². The Labute approximate surface area is 147 Å². The van der Waals surface area contributed by atoms with Crippen molar-refractivity contribution in [3.63, 3.8) is 0 Å². The summed E-state index contributed by atoms with van der Waals surface area (Å²) < 4.78 is 0. The molecule has 4 N–H and O–H groups in total. The van der Waals surface area contributed by atoms with Gasteiger partial charge < -0.3 is 15.9 Å². The lowest BCUT2D eigenvalue weighted by Crippen LogP contribution is -1.90. The molecule has 0 amide bonds. The maximum Gasteiger partial charge on any atom is 0.279 e. The van der Waals surface area contributed by atoms with Crippen molar-refractivity contribution in [2.75, 3.05) is 5.73 Å². The minimum Gasteiger partial charge on any atom is -0.506 e. The largest absolute Gasteiger partial charge is 0.506 e.